The van der Waals surface area contributed by atoms with Crippen LogP contribution < -0.4 is 0 Å². The summed E-state index contributed by atoms with van der Waals surface area (Å²) in [6.07, 6.45) is 4.97. The van der Waals surface area contributed by atoms with Crippen LogP contribution in [0.15, 0.2) is 30.3 Å². The quantitative estimate of drug-likeness (QED) is 0.841. The molecule has 0 unspecified atom stereocenters. The predicted molar refractivity (Wildman–Crippen MR) is 73.8 cm³/mol. The van der Waals surface area contributed by atoms with Crippen molar-refractivity contribution >= 4 is 5.91 Å². The van der Waals surface area contributed by atoms with E-state index in [1.165, 1.54) is 12.8 Å². The fourth-order valence-corrected chi connectivity index (χ4v) is 3.63. The zero-order valence-corrected chi connectivity index (χ0v) is 11.2. The summed E-state index contributed by atoms with van der Waals surface area (Å²) in [5.74, 6) is 0.416. The van der Waals surface area contributed by atoms with Gasteiger partial charge in [0, 0.05) is 24.1 Å². The molecule has 1 aromatic rings. The molecule has 2 aliphatic rings. The molecular weight excluding hydrogens is 238 g/mol. The normalized spacial score (nSPS) is 30.8. The number of nitrogens with zero attached hydrogens (tertiary/aromatic N) is 1. The number of aliphatic hydroxyl groups is 1. The van der Waals surface area contributed by atoms with Gasteiger partial charge in [0.2, 0.25) is 0 Å². The highest BCUT2D eigenvalue weighted by atomic mass is 16.3. The fraction of sp³-hybridized carbons (Fsp3) is 0.562. The van der Waals surface area contributed by atoms with E-state index in [-0.39, 0.29) is 24.0 Å². The number of carbonyl (C=O) groups is 1. The van der Waals surface area contributed by atoms with Gasteiger partial charge in [0.1, 0.15) is 0 Å². The minimum Gasteiger partial charge on any atom is -0.393 e. The number of likely N-dealkylation sites (tertiary alicyclic amines) is 1. The van der Waals surface area contributed by atoms with E-state index in [4.69, 9.17) is 0 Å². The van der Waals surface area contributed by atoms with Crippen molar-refractivity contribution in [2.24, 2.45) is 5.92 Å². The molecule has 1 heterocycles. The number of hydrogen-bond donors (Lipinski definition) is 1. The zero-order chi connectivity index (χ0) is 13.2. The van der Waals surface area contributed by atoms with Crippen molar-refractivity contribution in [3.63, 3.8) is 0 Å². The second-order valence-corrected chi connectivity index (χ2v) is 5.74. The Bertz CT molecular complexity index is 445. The molecular formula is C16H21NO2. The summed E-state index contributed by atoms with van der Waals surface area (Å²) in [6, 6.07) is 9.75. The maximum absolute atomic E-state index is 12.6. The number of amides is 1. The molecule has 3 rings (SSSR count). The van der Waals surface area contributed by atoms with E-state index < -0.39 is 0 Å². The van der Waals surface area contributed by atoms with Gasteiger partial charge in [-0.15, -0.1) is 0 Å². The first-order valence-corrected chi connectivity index (χ1v) is 7.31. The Kier molecular flexibility index (Phi) is 3.56. The van der Waals surface area contributed by atoms with Gasteiger partial charge in [-0.25, -0.2) is 0 Å². The average molecular weight is 259 g/mol. The predicted octanol–water partition coefficient (Wildman–Crippen LogP) is 2.45. The van der Waals surface area contributed by atoms with Gasteiger partial charge in [0.15, 0.2) is 0 Å². The third-order valence-electron chi connectivity index (χ3n) is 4.62. The van der Waals surface area contributed by atoms with Crippen molar-refractivity contribution in [1.29, 1.82) is 0 Å². The summed E-state index contributed by atoms with van der Waals surface area (Å²) in [6.45, 7) is 0.691. The minimum atomic E-state index is -0.217. The standard InChI is InChI=1S/C16H21NO2/c18-15-10-11-17(14-9-5-4-8-13(14)15)16(19)12-6-2-1-3-7-12/h1-3,6-7,13-15,18H,4-5,8-11H2/t13-,14+,15-/m0/s1. The summed E-state index contributed by atoms with van der Waals surface area (Å²) in [4.78, 5) is 14.6. The van der Waals surface area contributed by atoms with Crippen molar-refractivity contribution in [2.45, 2.75) is 44.2 Å². The first kappa shape index (κ1) is 12.7. The van der Waals surface area contributed by atoms with Gasteiger partial charge in [-0.1, -0.05) is 31.0 Å². The Morgan fingerprint density at radius 2 is 1.84 bits per heavy atom. The van der Waals surface area contributed by atoms with E-state index in [0.29, 0.717) is 6.54 Å². The molecule has 0 radical (unpaired) electrons. The Labute approximate surface area is 114 Å². The fourth-order valence-electron chi connectivity index (χ4n) is 3.63. The molecule has 102 valence electrons. The SMILES string of the molecule is O=C(c1ccccc1)N1CC[C@H](O)[C@H]2CCCC[C@H]21. The number of aliphatic hydroxyl groups excluding tert-OH is 1. The Morgan fingerprint density at radius 3 is 2.63 bits per heavy atom. The number of hydrogen-bond acceptors (Lipinski definition) is 2. The highest BCUT2D eigenvalue weighted by Gasteiger charge is 2.40. The van der Waals surface area contributed by atoms with Crippen LogP contribution in [-0.2, 0) is 0 Å². The maximum atomic E-state index is 12.6. The molecule has 1 N–H and O–H groups in total. The van der Waals surface area contributed by atoms with Crippen molar-refractivity contribution in [2.75, 3.05) is 6.54 Å². The van der Waals surface area contributed by atoms with Crippen molar-refractivity contribution in [3.8, 4) is 0 Å². The molecule has 2 fully saturated rings. The number of fused-ring (bicyclic) bond motifs is 1. The highest BCUT2D eigenvalue weighted by Crippen LogP contribution is 2.36. The topological polar surface area (TPSA) is 40.5 Å². The molecule has 0 spiro atoms. The lowest BCUT2D eigenvalue weighted by atomic mass is 9.76. The van der Waals surface area contributed by atoms with Gasteiger partial charge in [-0.2, -0.15) is 0 Å². The summed E-state index contributed by atoms with van der Waals surface area (Å²) >= 11 is 0. The molecule has 1 saturated heterocycles. The lowest BCUT2D eigenvalue weighted by Crippen LogP contribution is -2.54. The number of carbonyl (C=O) groups excluding carboxylic acids is 1. The summed E-state index contributed by atoms with van der Waals surface area (Å²) < 4.78 is 0. The molecule has 1 saturated carbocycles. The van der Waals surface area contributed by atoms with Gasteiger partial charge in [0.25, 0.3) is 5.91 Å². The van der Waals surface area contributed by atoms with E-state index in [2.05, 4.69) is 0 Å². The molecule has 3 atom stereocenters. The van der Waals surface area contributed by atoms with E-state index >= 15 is 0 Å². The van der Waals surface area contributed by atoms with Crippen LogP contribution in [0.1, 0.15) is 42.5 Å². The first-order valence-electron chi connectivity index (χ1n) is 7.31. The molecule has 1 amide bonds. The van der Waals surface area contributed by atoms with Crippen LogP contribution in [0.5, 0.6) is 0 Å². The molecule has 1 aromatic carbocycles. The van der Waals surface area contributed by atoms with Crippen molar-refractivity contribution in [1.82, 2.24) is 4.90 Å². The smallest absolute Gasteiger partial charge is 0.254 e. The van der Waals surface area contributed by atoms with Crippen LogP contribution in [0.3, 0.4) is 0 Å². The lowest BCUT2D eigenvalue weighted by Gasteiger charge is -2.46. The molecule has 1 aliphatic heterocycles. The Balaban J connectivity index is 1.82. The van der Waals surface area contributed by atoms with E-state index in [1.54, 1.807) is 0 Å². The van der Waals surface area contributed by atoms with Gasteiger partial charge >= 0.3 is 0 Å². The van der Waals surface area contributed by atoms with Crippen LogP contribution >= 0.6 is 0 Å². The first-order chi connectivity index (χ1) is 9.27. The van der Waals surface area contributed by atoms with Crippen LogP contribution in [0.2, 0.25) is 0 Å². The van der Waals surface area contributed by atoms with Crippen LogP contribution in [-0.4, -0.2) is 34.6 Å². The Hall–Kier alpha value is -1.35. The monoisotopic (exact) mass is 259 g/mol. The molecule has 1 aliphatic carbocycles. The highest BCUT2D eigenvalue weighted by molar-refractivity contribution is 5.94. The summed E-state index contributed by atoms with van der Waals surface area (Å²) in [7, 11) is 0. The van der Waals surface area contributed by atoms with Crippen LogP contribution in [0.4, 0.5) is 0 Å². The summed E-state index contributed by atoms with van der Waals surface area (Å²) in [5, 5.41) is 10.1. The van der Waals surface area contributed by atoms with Crippen LogP contribution in [0, 0.1) is 5.92 Å². The van der Waals surface area contributed by atoms with Crippen molar-refractivity contribution in [3.05, 3.63) is 35.9 Å². The van der Waals surface area contributed by atoms with Crippen molar-refractivity contribution < 1.29 is 9.90 Å². The number of piperidine rings is 1. The maximum Gasteiger partial charge on any atom is 0.254 e. The average Bonchev–Trinajstić information content (AvgIpc) is 2.48. The van der Waals surface area contributed by atoms with Gasteiger partial charge < -0.3 is 10.0 Å². The van der Waals surface area contributed by atoms with Gasteiger partial charge in [-0.3, -0.25) is 4.79 Å². The lowest BCUT2D eigenvalue weighted by molar-refractivity contribution is -0.0262. The Morgan fingerprint density at radius 1 is 1.11 bits per heavy atom. The third-order valence-corrected chi connectivity index (χ3v) is 4.62. The molecule has 3 nitrogen and oxygen atoms in total. The van der Waals surface area contributed by atoms with E-state index in [9.17, 15) is 9.90 Å². The third kappa shape index (κ3) is 2.39. The number of benzene rings is 1. The van der Waals surface area contributed by atoms with Crippen LogP contribution in [0.25, 0.3) is 0 Å². The molecule has 3 heteroatoms. The molecule has 0 aromatic heterocycles. The second-order valence-electron chi connectivity index (χ2n) is 5.74. The molecule has 19 heavy (non-hydrogen) atoms. The minimum absolute atomic E-state index is 0.129. The van der Waals surface area contributed by atoms with Gasteiger partial charge in [0.05, 0.1) is 6.10 Å². The zero-order valence-electron chi connectivity index (χ0n) is 11.2. The van der Waals surface area contributed by atoms with E-state index in [0.717, 1.165) is 24.8 Å². The molecule has 0 bridgehead atoms. The van der Waals surface area contributed by atoms with E-state index in [1.807, 2.05) is 35.2 Å². The van der Waals surface area contributed by atoms with Gasteiger partial charge in [-0.05, 0) is 31.4 Å². The second kappa shape index (κ2) is 5.33. The largest absolute Gasteiger partial charge is 0.393 e. The summed E-state index contributed by atoms with van der Waals surface area (Å²) in [5.41, 5.74) is 0.767. The number of rotatable bonds is 1.